The number of anilines is 1. The van der Waals surface area contributed by atoms with Crippen molar-refractivity contribution >= 4 is 11.6 Å². The largest absolute Gasteiger partial charge is 0.320 e. The molecule has 1 amide bonds. The highest BCUT2D eigenvalue weighted by molar-refractivity contribution is 5.91. The molecule has 0 unspecified atom stereocenters. The number of hydrogen-bond acceptors (Lipinski definition) is 2. The normalized spacial score (nSPS) is 10.4. The molecule has 4 heteroatoms. The summed E-state index contributed by atoms with van der Waals surface area (Å²) < 4.78 is 1.91. The second-order valence-electron chi connectivity index (χ2n) is 5.04. The van der Waals surface area contributed by atoms with Crippen LogP contribution in [-0.2, 0) is 11.3 Å². The molecule has 2 aromatic rings. The third-order valence-electron chi connectivity index (χ3n) is 3.53. The monoisotopic (exact) mass is 270 g/mol. The second kappa shape index (κ2) is 5.82. The number of benzene rings is 1. The predicted molar refractivity (Wildman–Crippen MR) is 78.5 cm³/mol. The van der Waals surface area contributed by atoms with Crippen LogP contribution in [0, 0.1) is 27.7 Å². The molecule has 0 spiro atoms. The van der Waals surface area contributed by atoms with Gasteiger partial charge in [0.25, 0.3) is 5.91 Å². The molecule has 1 aromatic carbocycles. The van der Waals surface area contributed by atoms with Crippen LogP contribution < -0.4 is 9.88 Å². The lowest BCUT2D eigenvalue weighted by atomic mass is 10.1. The van der Waals surface area contributed by atoms with Gasteiger partial charge in [-0.3, -0.25) is 4.79 Å². The van der Waals surface area contributed by atoms with Crippen LogP contribution in [0.25, 0.3) is 0 Å². The summed E-state index contributed by atoms with van der Waals surface area (Å²) in [5.74, 6) is -0.0268. The van der Waals surface area contributed by atoms with Gasteiger partial charge in [-0.15, -0.1) is 0 Å². The predicted octanol–water partition coefficient (Wildman–Crippen LogP) is 2.24. The highest BCUT2D eigenvalue weighted by atomic mass is 16.1. The van der Waals surface area contributed by atoms with Crippen molar-refractivity contribution in [1.82, 2.24) is 4.98 Å². The van der Waals surface area contributed by atoms with E-state index in [9.17, 15) is 4.79 Å². The van der Waals surface area contributed by atoms with Gasteiger partial charge in [-0.25, -0.2) is 4.98 Å². The number of nitrogens with zero attached hydrogens (tertiary/aromatic N) is 2. The van der Waals surface area contributed by atoms with Crippen molar-refractivity contribution in [3.05, 3.63) is 53.1 Å². The maximum atomic E-state index is 12.2. The molecule has 1 N–H and O–H groups in total. The second-order valence-corrected chi connectivity index (χ2v) is 5.04. The number of aryl methyl sites for hydroxylation is 3. The third kappa shape index (κ3) is 3.02. The Labute approximate surface area is 119 Å². The van der Waals surface area contributed by atoms with Crippen LogP contribution in [0.15, 0.2) is 30.6 Å². The van der Waals surface area contributed by atoms with Crippen LogP contribution in [0.2, 0.25) is 0 Å². The highest BCUT2D eigenvalue weighted by Gasteiger charge is 2.15. The molecule has 2 rings (SSSR count). The van der Waals surface area contributed by atoms with E-state index >= 15 is 0 Å². The third-order valence-corrected chi connectivity index (χ3v) is 3.53. The molecule has 0 aliphatic heterocycles. The molecule has 0 aliphatic rings. The van der Waals surface area contributed by atoms with E-state index in [-0.39, 0.29) is 5.91 Å². The van der Waals surface area contributed by atoms with Crippen molar-refractivity contribution in [2.45, 2.75) is 34.2 Å². The van der Waals surface area contributed by atoms with Crippen molar-refractivity contribution < 1.29 is 9.36 Å². The van der Waals surface area contributed by atoms with Gasteiger partial charge in [-0.2, -0.15) is 4.57 Å². The Morgan fingerprint density at radius 2 is 1.85 bits per heavy atom. The molecule has 1 aromatic heterocycles. The molecule has 0 atom stereocenters. The highest BCUT2D eigenvalue weighted by Crippen LogP contribution is 2.19. The molecule has 4 nitrogen and oxygen atoms in total. The molecular weight excluding hydrogens is 250 g/mol. The van der Waals surface area contributed by atoms with Crippen molar-refractivity contribution in [1.29, 1.82) is 0 Å². The fraction of sp³-hybridized carbons (Fsp3) is 0.312. The van der Waals surface area contributed by atoms with Gasteiger partial charge in [0, 0.05) is 12.6 Å². The lowest BCUT2D eigenvalue weighted by molar-refractivity contribution is -0.690. The summed E-state index contributed by atoms with van der Waals surface area (Å²) in [6, 6.07) is 5.99. The van der Waals surface area contributed by atoms with Crippen LogP contribution in [-0.4, -0.2) is 10.9 Å². The first kappa shape index (κ1) is 14.2. The molecule has 0 radical (unpaired) electrons. The van der Waals surface area contributed by atoms with Crippen molar-refractivity contribution in [3.8, 4) is 0 Å². The molecule has 0 aliphatic carbocycles. The minimum absolute atomic E-state index is 0.0268. The van der Waals surface area contributed by atoms with E-state index in [0.717, 1.165) is 28.2 Å². The molecule has 0 bridgehead atoms. The summed E-state index contributed by atoms with van der Waals surface area (Å²) in [4.78, 5) is 16.4. The average molecular weight is 270 g/mol. The standard InChI is InChI=1S/C16H19N3O/c1-11-6-5-7-12(2)16(11)18-15(20)10-19-9-8-17-13(3)14(19)4/h5-9H,10H2,1-4H3/p+1. The topological polar surface area (TPSA) is 45.9 Å². The first-order chi connectivity index (χ1) is 9.49. The first-order valence-electron chi connectivity index (χ1n) is 6.66. The Balaban J connectivity index is 2.16. The lowest BCUT2D eigenvalue weighted by Crippen LogP contribution is -2.43. The van der Waals surface area contributed by atoms with Crippen LogP contribution in [0.4, 0.5) is 5.69 Å². The van der Waals surface area contributed by atoms with Gasteiger partial charge in [-0.1, -0.05) is 18.2 Å². The van der Waals surface area contributed by atoms with E-state index in [1.165, 1.54) is 0 Å². The quantitative estimate of drug-likeness (QED) is 0.869. The van der Waals surface area contributed by atoms with E-state index in [1.54, 1.807) is 6.20 Å². The van der Waals surface area contributed by atoms with Crippen molar-refractivity contribution in [2.75, 3.05) is 5.32 Å². The maximum absolute atomic E-state index is 12.2. The smallest absolute Gasteiger partial charge is 0.290 e. The SMILES string of the molecule is Cc1cccc(C)c1NC(=O)C[n+]1ccnc(C)c1C. The van der Waals surface area contributed by atoms with E-state index in [4.69, 9.17) is 0 Å². The van der Waals surface area contributed by atoms with Gasteiger partial charge in [0.1, 0.15) is 5.69 Å². The molecule has 1 heterocycles. The number of aromatic nitrogens is 2. The molecule has 0 fully saturated rings. The molecule has 104 valence electrons. The fourth-order valence-corrected chi connectivity index (χ4v) is 2.16. The van der Waals surface area contributed by atoms with Crippen molar-refractivity contribution in [2.24, 2.45) is 0 Å². The Morgan fingerprint density at radius 3 is 2.50 bits per heavy atom. The minimum Gasteiger partial charge on any atom is -0.320 e. The van der Waals surface area contributed by atoms with E-state index in [2.05, 4.69) is 10.3 Å². The molecule has 0 saturated heterocycles. The number of para-hydroxylation sites is 1. The zero-order chi connectivity index (χ0) is 14.7. The molecule has 0 saturated carbocycles. The summed E-state index contributed by atoms with van der Waals surface area (Å²) in [6.07, 6.45) is 3.54. The summed E-state index contributed by atoms with van der Waals surface area (Å²) >= 11 is 0. The van der Waals surface area contributed by atoms with Crippen LogP contribution in [0.3, 0.4) is 0 Å². The van der Waals surface area contributed by atoms with Gasteiger partial charge in [0.15, 0.2) is 11.9 Å². The summed E-state index contributed by atoms with van der Waals surface area (Å²) in [7, 11) is 0. The van der Waals surface area contributed by atoms with E-state index in [1.807, 2.05) is 56.7 Å². The van der Waals surface area contributed by atoms with Gasteiger partial charge in [0.2, 0.25) is 6.54 Å². The fourth-order valence-electron chi connectivity index (χ4n) is 2.16. The number of amides is 1. The number of hydrogen-bond donors (Lipinski definition) is 1. The van der Waals surface area contributed by atoms with E-state index in [0.29, 0.717) is 6.54 Å². The Kier molecular flexibility index (Phi) is 4.13. The summed E-state index contributed by atoms with van der Waals surface area (Å²) in [5.41, 5.74) is 5.00. The Morgan fingerprint density at radius 1 is 1.20 bits per heavy atom. The van der Waals surface area contributed by atoms with E-state index < -0.39 is 0 Å². The van der Waals surface area contributed by atoms with Gasteiger partial charge in [0.05, 0.1) is 6.20 Å². The van der Waals surface area contributed by atoms with Gasteiger partial charge >= 0.3 is 0 Å². The number of rotatable bonds is 3. The Hall–Kier alpha value is -2.23. The van der Waals surface area contributed by atoms with Gasteiger partial charge < -0.3 is 5.32 Å². The maximum Gasteiger partial charge on any atom is 0.290 e. The van der Waals surface area contributed by atoms with Crippen LogP contribution in [0.1, 0.15) is 22.5 Å². The minimum atomic E-state index is -0.0268. The number of carbonyl (C=O) groups is 1. The Bertz CT molecular complexity index is 630. The zero-order valence-electron chi connectivity index (χ0n) is 12.4. The number of carbonyl (C=O) groups excluding carboxylic acids is 1. The van der Waals surface area contributed by atoms with Crippen LogP contribution >= 0.6 is 0 Å². The number of nitrogens with one attached hydrogen (secondary N) is 1. The molecular formula is C16H20N3O+. The average Bonchev–Trinajstić information content (AvgIpc) is 2.39. The lowest BCUT2D eigenvalue weighted by Gasteiger charge is -2.10. The molecule has 20 heavy (non-hydrogen) atoms. The van der Waals surface area contributed by atoms with Gasteiger partial charge in [-0.05, 0) is 31.9 Å². The summed E-state index contributed by atoms with van der Waals surface area (Å²) in [5, 5.41) is 2.99. The zero-order valence-corrected chi connectivity index (χ0v) is 12.4. The first-order valence-corrected chi connectivity index (χ1v) is 6.66. The summed E-state index contributed by atoms with van der Waals surface area (Å²) in [6.45, 7) is 8.20. The van der Waals surface area contributed by atoms with Crippen LogP contribution in [0.5, 0.6) is 0 Å². The van der Waals surface area contributed by atoms with Crippen molar-refractivity contribution in [3.63, 3.8) is 0 Å².